The summed E-state index contributed by atoms with van der Waals surface area (Å²) in [5, 5.41) is 12.9. The van der Waals surface area contributed by atoms with E-state index in [9.17, 15) is 4.79 Å². The molecule has 0 bridgehead atoms. The van der Waals surface area contributed by atoms with Crippen molar-refractivity contribution in [3.05, 3.63) is 77.6 Å². The Balaban J connectivity index is 1.49. The summed E-state index contributed by atoms with van der Waals surface area (Å²) in [6.45, 7) is 0.603. The molecule has 0 aliphatic heterocycles. The number of amides is 1. The summed E-state index contributed by atoms with van der Waals surface area (Å²) in [6.07, 6.45) is 3.90. The van der Waals surface area contributed by atoms with E-state index in [0.717, 1.165) is 28.5 Å². The third-order valence-electron chi connectivity index (χ3n) is 3.76. The number of furan rings is 1. The molecule has 0 saturated heterocycles. The molecule has 0 spiro atoms. The zero-order valence-electron chi connectivity index (χ0n) is 13.2. The van der Waals surface area contributed by atoms with E-state index in [1.54, 1.807) is 6.08 Å². The maximum Gasteiger partial charge on any atom is 0.244 e. The molecule has 0 atom stereocenters. The van der Waals surface area contributed by atoms with Crippen molar-refractivity contribution < 1.29 is 14.3 Å². The summed E-state index contributed by atoms with van der Waals surface area (Å²) in [5.41, 5.74) is 2.81. The number of carbonyl (C=O) groups is 1. The van der Waals surface area contributed by atoms with Gasteiger partial charge in [0.1, 0.15) is 11.3 Å². The smallest absolute Gasteiger partial charge is 0.244 e. The second kappa shape index (κ2) is 7.62. The largest absolute Gasteiger partial charge is 0.457 e. The van der Waals surface area contributed by atoms with E-state index in [2.05, 4.69) is 5.32 Å². The topological polar surface area (TPSA) is 62.5 Å². The van der Waals surface area contributed by atoms with E-state index in [4.69, 9.17) is 9.52 Å². The van der Waals surface area contributed by atoms with Crippen LogP contribution in [0.1, 0.15) is 16.9 Å². The summed E-state index contributed by atoms with van der Waals surface area (Å²) < 4.78 is 5.63. The minimum atomic E-state index is -0.151. The molecule has 1 amide bonds. The van der Waals surface area contributed by atoms with Crippen molar-refractivity contribution in [3.8, 4) is 0 Å². The van der Waals surface area contributed by atoms with Crippen LogP contribution < -0.4 is 5.32 Å². The maximum atomic E-state index is 11.8. The van der Waals surface area contributed by atoms with Gasteiger partial charge in [-0.1, -0.05) is 42.5 Å². The van der Waals surface area contributed by atoms with Crippen LogP contribution in [0.5, 0.6) is 0 Å². The Labute approximate surface area is 140 Å². The first-order valence-electron chi connectivity index (χ1n) is 7.88. The molecule has 3 rings (SSSR count). The molecule has 1 aromatic heterocycles. The highest BCUT2D eigenvalue weighted by Crippen LogP contribution is 2.19. The van der Waals surface area contributed by atoms with E-state index in [1.165, 1.54) is 6.08 Å². The van der Waals surface area contributed by atoms with Crippen LogP contribution in [-0.2, 0) is 17.8 Å². The summed E-state index contributed by atoms with van der Waals surface area (Å²) in [7, 11) is 0. The first-order valence-corrected chi connectivity index (χ1v) is 7.88. The van der Waals surface area contributed by atoms with Gasteiger partial charge in [-0.2, -0.15) is 0 Å². The molecule has 4 nitrogen and oxygen atoms in total. The molecule has 1 heterocycles. The number of aliphatic hydroxyl groups excluding tert-OH is 1. The molecule has 0 aliphatic rings. The van der Waals surface area contributed by atoms with E-state index in [0.29, 0.717) is 12.3 Å². The van der Waals surface area contributed by atoms with Crippen molar-refractivity contribution in [2.75, 3.05) is 6.54 Å². The Morgan fingerprint density at radius 3 is 2.58 bits per heavy atom. The molecule has 2 aromatic carbocycles. The fraction of sp³-hybridized carbons (Fsp3) is 0.150. The summed E-state index contributed by atoms with van der Waals surface area (Å²) >= 11 is 0. The number of para-hydroxylation sites is 1. The van der Waals surface area contributed by atoms with Crippen LogP contribution in [0.2, 0.25) is 0 Å². The highest BCUT2D eigenvalue weighted by molar-refractivity contribution is 5.92. The SMILES string of the molecule is O=C(/C=C/c1cc2ccccc2o1)NCCc1ccc(CO)cc1. The fourth-order valence-electron chi connectivity index (χ4n) is 2.44. The minimum Gasteiger partial charge on any atom is -0.457 e. The van der Waals surface area contributed by atoms with Crippen molar-refractivity contribution in [2.45, 2.75) is 13.0 Å². The number of hydrogen-bond acceptors (Lipinski definition) is 3. The van der Waals surface area contributed by atoms with Crippen LogP contribution in [0.4, 0.5) is 0 Å². The Kier molecular flexibility index (Phi) is 5.08. The predicted octanol–water partition coefficient (Wildman–Crippen LogP) is 3.30. The van der Waals surface area contributed by atoms with Gasteiger partial charge in [-0.25, -0.2) is 0 Å². The molecule has 0 aliphatic carbocycles. The van der Waals surface area contributed by atoms with Crippen molar-refractivity contribution >= 4 is 23.0 Å². The van der Waals surface area contributed by atoms with Crippen LogP contribution in [0.15, 0.2) is 65.1 Å². The van der Waals surface area contributed by atoms with Crippen molar-refractivity contribution in [3.63, 3.8) is 0 Å². The van der Waals surface area contributed by atoms with Crippen molar-refractivity contribution in [1.29, 1.82) is 0 Å². The molecule has 4 heteroatoms. The van der Waals surface area contributed by atoms with Crippen LogP contribution in [0.25, 0.3) is 17.0 Å². The van der Waals surface area contributed by atoms with Gasteiger partial charge in [0.25, 0.3) is 0 Å². The van der Waals surface area contributed by atoms with E-state index < -0.39 is 0 Å². The van der Waals surface area contributed by atoms with Crippen molar-refractivity contribution in [1.82, 2.24) is 5.32 Å². The number of hydrogen-bond donors (Lipinski definition) is 2. The van der Waals surface area contributed by atoms with Crippen LogP contribution in [-0.4, -0.2) is 17.6 Å². The maximum absolute atomic E-state index is 11.8. The predicted molar refractivity (Wildman–Crippen MR) is 94.3 cm³/mol. The van der Waals surface area contributed by atoms with Crippen molar-refractivity contribution in [2.24, 2.45) is 0 Å². The van der Waals surface area contributed by atoms with Crippen LogP contribution in [0.3, 0.4) is 0 Å². The number of nitrogens with one attached hydrogen (secondary N) is 1. The molecule has 3 aromatic rings. The third kappa shape index (κ3) is 4.12. The first-order chi connectivity index (χ1) is 11.7. The number of rotatable bonds is 6. The molecule has 0 saturated carbocycles. The van der Waals surface area contributed by atoms with E-state index in [1.807, 2.05) is 54.6 Å². The lowest BCUT2D eigenvalue weighted by Gasteiger charge is -2.03. The standard InChI is InChI=1S/C20H19NO3/c22-14-16-7-5-15(6-8-16)11-12-21-20(23)10-9-18-13-17-3-1-2-4-19(17)24-18/h1-10,13,22H,11-12,14H2,(H,21,23)/b10-9+. The quantitative estimate of drug-likeness (QED) is 0.685. The molecule has 0 radical (unpaired) electrons. The van der Waals surface area contributed by atoms with Gasteiger partial charge in [-0.15, -0.1) is 0 Å². The molecule has 0 fully saturated rings. The Morgan fingerprint density at radius 1 is 1.08 bits per heavy atom. The summed E-state index contributed by atoms with van der Waals surface area (Å²) in [6, 6.07) is 17.3. The normalized spacial score (nSPS) is 11.2. The number of fused-ring (bicyclic) bond motifs is 1. The van der Waals surface area contributed by atoms with Gasteiger partial charge in [-0.3, -0.25) is 4.79 Å². The Morgan fingerprint density at radius 2 is 1.83 bits per heavy atom. The van der Waals surface area contributed by atoms with Crippen LogP contribution >= 0.6 is 0 Å². The number of benzene rings is 2. The second-order valence-corrected chi connectivity index (χ2v) is 5.54. The zero-order chi connectivity index (χ0) is 16.8. The highest BCUT2D eigenvalue weighted by atomic mass is 16.3. The zero-order valence-corrected chi connectivity index (χ0v) is 13.2. The molecule has 24 heavy (non-hydrogen) atoms. The number of carbonyl (C=O) groups excluding carboxylic acids is 1. The van der Waals surface area contributed by atoms with Crippen LogP contribution in [0, 0.1) is 0 Å². The monoisotopic (exact) mass is 321 g/mol. The number of aliphatic hydroxyl groups is 1. The van der Waals surface area contributed by atoms with Gasteiger partial charge in [0.2, 0.25) is 5.91 Å². The third-order valence-corrected chi connectivity index (χ3v) is 3.76. The van der Waals surface area contributed by atoms with Gasteiger partial charge in [0.15, 0.2) is 0 Å². The van der Waals surface area contributed by atoms with Gasteiger partial charge in [0.05, 0.1) is 6.61 Å². The Hall–Kier alpha value is -2.85. The molecular weight excluding hydrogens is 302 g/mol. The summed E-state index contributed by atoms with van der Waals surface area (Å²) in [5.74, 6) is 0.508. The molecule has 0 unspecified atom stereocenters. The van der Waals surface area contributed by atoms with Gasteiger partial charge < -0.3 is 14.8 Å². The van der Waals surface area contributed by atoms with Gasteiger partial charge >= 0.3 is 0 Å². The Bertz CT molecular complexity index is 814. The van der Waals surface area contributed by atoms with Gasteiger partial charge in [-0.05, 0) is 35.8 Å². The lowest BCUT2D eigenvalue weighted by molar-refractivity contribution is -0.116. The van der Waals surface area contributed by atoms with E-state index >= 15 is 0 Å². The lowest BCUT2D eigenvalue weighted by atomic mass is 10.1. The summed E-state index contributed by atoms with van der Waals surface area (Å²) in [4.78, 5) is 11.8. The lowest BCUT2D eigenvalue weighted by Crippen LogP contribution is -2.23. The minimum absolute atomic E-state index is 0.0452. The molecule has 2 N–H and O–H groups in total. The molecular formula is C20H19NO3. The fourth-order valence-corrected chi connectivity index (χ4v) is 2.44. The van der Waals surface area contributed by atoms with E-state index in [-0.39, 0.29) is 12.5 Å². The second-order valence-electron chi connectivity index (χ2n) is 5.54. The first kappa shape index (κ1) is 16.0. The molecule has 122 valence electrons. The average Bonchev–Trinajstić information content (AvgIpc) is 3.03. The van der Waals surface area contributed by atoms with Gasteiger partial charge in [0, 0.05) is 18.0 Å². The highest BCUT2D eigenvalue weighted by Gasteiger charge is 2.01. The average molecular weight is 321 g/mol.